The van der Waals surface area contributed by atoms with E-state index < -0.39 is 17.6 Å². The average Bonchev–Trinajstić information content (AvgIpc) is 2.71. The summed E-state index contributed by atoms with van der Waals surface area (Å²) in [4.78, 5) is 0.248. The van der Waals surface area contributed by atoms with E-state index in [2.05, 4.69) is 4.72 Å². The third-order valence-corrected chi connectivity index (χ3v) is 8.05. The molecule has 0 saturated heterocycles. The quantitative estimate of drug-likeness (QED) is 0.276. The fourth-order valence-corrected chi connectivity index (χ4v) is 5.98. The highest BCUT2D eigenvalue weighted by atomic mass is 32.2. The van der Waals surface area contributed by atoms with Crippen molar-refractivity contribution in [3.63, 3.8) is 0 Å². The van der Waals surface area contributed by atoms with Crippen molar-refractivity contribution in [3.8, 4) is 0 Å². The normalized spacial score (nSPS) is 15.8. The minimum absolute atomic E-state index is 0.184. The number of sulfonamides is 1. The van der Waals surface area contributed by atoms with E-state index in [0.717, 1.165) is 16.7 Å². The van der Waals surface area contributed by atoms with Crippen LogP contribution in [0.1, 0.15) is 32.3 Å². The van der Waals surface area contributed by atoms with Gasteiger partial charge in [-0.05, 0) is 39.3 Å². The minimum atomic E-state index is -3.56. The number of aryl methyl sites for hydroxylation is 1. The summed E-state index contributed by atoms with van der Waals surface area (Å²) < 4.78 is 51.5. The minimum Gasteiger partial charge on any atom is -0.308 e. The van der Waals surface area contributed by atoms with Crippen molar-refractivity contribution in [3.05, 3.63) is 71.7 Å². The second-order valence-corrected chi connectivity index (χ2v) is 10.7. The van der Waals surface area contributed by atoms with E-state index in [9.17, 15) is 13.0 Å². The van der Waals surface area contributed by atoms with Gasteiger partial charge in [0.2, 0.25) is 10.0 Å². The first-order valence-corrected chi connectivity index (χ1v) is 13.4. The maximum atomic E-state index is 13.0. The van der Waals surface area contributed by atoms with Crippen LogP contribution >= 0.6 is 7.60 Å². The van der Waals surface area contributed by atoms with Gasteiger partial charge in [-0.25, -0.2) is 13.1 Å². The number of hydrogen-bond acceptors (Lipinski definition) is 5. The zero-order valence-corrected chi connectivity index (χ0v) is 19.5. The average molecular weight is 453 g/mol. The van der Waals surface area contributed by atoms with Gasteiger partial charge in [-0.2, -0.15) is 0 Å². The molecule has 30 heavy (non-hydrogen) atoms. The predicted molar refractivity (Wildman–Crippen MR) is 121 cm³/mol. The number of rotatable bonds is 12. The first-order chi connectivity index (χ1) is 14.3. The number of hydrogen-bond donors (Lipinski definition) is 1. The second kappa shape index (κ2) is 11.7. The molecule has 1 N–H and O–H groups in total. The molecular formula is C22H31NO5PS+. The highest BCUT2D eigenvalue weighted by Gasteiger charge is 2.29. The van der Waals surface area contributed by atoms with Gasteiger partial charge in [-0.1, -0.05) is 17.7 Å². The molecule has 1 aromatic rings. The Labute approximate surface area is 180 Å². The van der Waals surface area contributed by atoms with Gasteiger partial charge in [0.25, 0.3) is 0 Å². The van der Waals surface area contributed by atoms with Crippen molar-refractivity contribution in [2.45, 2.75) is 38.5 Å². The van der Waals surface area contributed by atoms with Gasteiger partial charge < -0.3 is 9.05 Å². The molecule has 0 aliphatic heterocycles. The molecule has 1 aliphatic rings. The van der Waals surface area contributed by atoms with Crippen LogP contribution in [0.4, 0.5) is 0 Å². The fraction of sp³-hybridized carbons (Fsp3) is 0.409. The number of benzene rings is 1. The summed E-state index contributed by atoms with van der Waals surface area (Å²) in [5.74, 6) is 0. The molecule has 2 rings (SSSR count). The van der Waals surface area contributed by atoms with Crippen LogP contribution in [-0.2, 0) is 23.6 Å². The zero-order valence-electron chi connectivity index (χ0n) is 17.8. The summed E-state index contributed by atoms with van der Waals surface area (Å²) >= 11 is 0. The van der Waals surface area contributed by atoms with E-state index in [-0.39, 0.29) is 17.6 Å². The summed E-state index contributed by atoms with van der Waals surface area (Å²) in [6.07, 6.45) is 11.0. The van der Waals surface area contributed by atoms with Gasteiger partial charge in [0, 0.05) is 49.3 Å². The number of allylic oxidation sites excluding steroid dienone is 6. The second-order valence-electron chi connectivity index (χ2n) is 6.89. The van der Waals surface area contributed by atoms with Crippen LogP contribution in [-0.4, -0.2) is 34.3 Å². The van der Waals surface area contributed by atoms with Crippen LogP contribution in [0.5, 0.6) is 0 Å². The van der Waals surface area contributed by atoms with Crippen LogP contribution in [0, 0.1) is 13.3 Å². The highest BCUT2D eigenvalue weighted by Crippen LogP contribution is 2.50. The maximum Gasteiger partial charge on any atom is 0.344 e. The fourth-order valence-electron chi connectivity index (χ4n) is 3.05. The van der Waals surface area contributed by atoms with E-state index in [0.29, 0.717) is 26.1 Å². The van der Waals surface area contributed by atoms with Gasteiger partial charge >= 0.3 is 7.60 Å². The van der Waals surface area contributed by atoms with Crippen LogP contribution in [0.25, 0.3) is 0 Å². The molecule has 1 aliphatic carbocycles. The van der Waals surface area contributed by atoms with Crippen LogP contribution in [0.3, 0.4) is 0 Å². The molecule has 0 fully saturated rings. The smallest absolute Gasteiger partial charge is 0.308 e. The number of nitrogens with one attached hydrogen (secondary N) is 1. The van der Waals surface area contributed by atoms with Gasteiger partial charge in [0.1, 0.15) is 6.16 Å². The van der Waals surface area contributed by atoms with Crippen LogP contribution < -0.4 is 4.72 Å². The van der Waals surface area contributed by atoms with Crippen LogP contribution in [0.15, 0.2) is 64.6 Å². The molecular weight excluding hydrogens is 421 g/mol. The highest BCUT2D eigenvalue weighted by molar-refractivity contribution is 7.89. The molecule has 0 amide bonds. The Kier molecular flexibility index (Phi) is 9.59. The summed E-state index contributed by atoms with van der Waals surface area (Å²) in [6.45, 7) is 6.36. The van der Waals surface area contributed by atoms with Crippen molar-refractivity contribution in [2.24, 2.45) is 0 Å². The summed E-state index contributed by atoms with van der Waals surface area (Å²) in [6, 6.07) is 6.74. The van der Waals surface area contributed by atoms with Gasteiger partial charge in [0.05, 0.1) is 23.7 Å². The molecule has 8 heteroatoms. The van der Waals surface area contributed by atoms with Crippen molar-refractivity contribution in [1.82, 2.24) is 4.72 Å². The lowest BCUT2D eigenvalue weighted by molar-refractivity contribution is 0.222. The molecule has 0 bridgehead atoms. The first kappa shape index (κ1) is 24.6. The molecule has 6 nitrogen and oxygen atoms in total. The van der Waals surface area contributed by atoms with E-state index >= 15 is 0 Å². The largest absolute Gasteiger partial charge is 0.344 e. The Morgan fingerprint density at radius 2 is 1.77 bits per heavy atom. The molecule has 0 atom stereocenters. The molecule has 0 spiro atoms. The first-order valence-electron chi connectivity index (χ1n) is 10.1. The summed E-state index contributed by atoms with van der Waals surface area (Å²) in [5.41, 5.74) is 2.89. The van der Waals surface area contributed by atoms with E-state index in [1.165, 1.54) is 0 Å². The van der Waals surface area contributed by atoms with Crippen LogP contribution in [0.2, 0.25) is 0 Å². The Morgan fingerprint density at radius 3 is 2.33 bits per heavy atom. The van der Waals surface area contributed by atoms with E-state index in [1.807, 2.05) is 37.6 Å². The Hall–Kier alpha value is -1.63. The Bertz CT molecular complexity index is 923. The molecule has 0 aromatic heterocycles. The molecule has 0 heterocycles. The summed E-state index contributed by atoms with van der Waals surface area (Å²) in [7, 11) is -6.81. The van der Waals surface area contributed by atoms with Gasteiger partial charge in [-0.15, -0.1) is 0 Å². The molecule has 1 aromatic carbocycles. The standard InChI is InChI=1S/C22H31NO5PS/c1-4-27-29(24,28-5-2)18-21(20-10-7-6-8-11-20)12-9-17-23-30(25,26)22-15-13-19(3)14-16-22/h6-8,10-11,13-16,23H,4-5,9,12,17-18H2,1-3H3/q+1. The maximum absolute atomic E-state index is 13.0. The SMILES string of the molecule is CCOP(=O)(C/C(CCCNS(=O)(=O)c1ccc(C)cc1)=C1/C=CC=C[CH+]1)OCC. The summed E-state index contributed by atoms with van der Waals surface area (Å²) in [5, 5.41) is 0. The third kappa shape index (κ3) is 7.56. The Morgan fingerprint density at radius 1 is 1.10 bits per heavy atom. The predicted octanol–water partition coefficient (Wildman–Crippen LogP) is 4.95. The van der Waals surface area contributed by atoms with Gasteiger partial charge in [-0.3, -0.25) is 4.57 Å². The molecule has 0 radical (unpaired) electrons. The topological polar surface area (TPSA) is 81.7 Å². The lowest BCUT2D eigenvalue weighted by atomic mass is 9.99. The van der Waals surface area contributed by atoms with E-state index in [4.69, 9.17) is 9.05 Å². The monoisotopic (exact) mass is 452 g/mol. The van der Waals surface area contributed by atoms with Gasteiger partial charge in [0.15, 0.2) is 0 Å². The Balaban J connectivity index is 2.05. The molecule has 0 saturated carbocycles. The van der Waals surface area contributed by atoms with Crippen molar-refractivity contribution >= 4 is 17.6 Å². The third-order valence-electron chi connectivity index (χ3n) is 4.50. The van der Waals surface area contributed by atoms with E-state index in [1.54, 1.807) is 38.1 Å². The van der Waals surface area contributed by atoms with Crippen molar-refractivity contribution < 1.29 is 22.0 Å². The molecule has 0 unspecified atom stereocenters. The van der Waals surface area contributed by atoms with Crippen molar-refractivity contribution in [1.29, 1.82) is 0 Å². The zero-order chi connectivity index (χ0) is 22.0. The van der Waals surface area contributed by atoms with Crippen molar-refractivity contribution in [2.75, 3.05) is 25.9 Å². The molecule has 164 valence electrons. The lowest BCUT2D eigenvalue weighted by Crippen LogP contribution is -2.25. The lowest BCUT2D eigenvalue weighted by Gasteiger charge is -2.18.